The third kappa shape index (κ3) is 1.63. The molecule has 1 aromatic heterocycles. The molecule has 1 heterocycles. The topological polar surface area (TPSA) is 12.9 Å². The van der Waals surface area contributed by atoms with Crippen molar-refractivity contribution in [3.63, 3.8) is 0 Å². The largest absolute Gasteiger partial charge is 0.257 e. The molecule has 0 saturated heterocycles. The van der Waals surface area contributed by atoms with E-state index in [-0.39, 0.29) is 0 Å². The van der Waals surface area contributed by atoms with Gasteiger partial charge in [0.1, 0.15) is 0 Å². The minimum atomic E-state index is 0.776. The van der Waals surface area contributed by atoms with Gasteiger partial charge in [-0.3, -0.25) is 4.98 Å². The number of benzene rings is 1. The van der Waals surface area contributed by atoms with Crippen molar-refractivity contribution in [2.24, 2.45) is 0 Å². The third-order valence-electron chi connectivity index (χ3n) is 2.83. The lowest BCUT2D eigenvalue weighted by Gasteiger charge is -2.01. The maximum absolute atomic E-state index is 5.88. The fourth-order valence-electron chi connectivity index (χ4n) is 2.00. The molecule has 78 valence electrons. The number of halogens is 1. The molecule has 1 aliphatic carbocycles. The minimum Gasteiger partial charge on any atom is -0.257 e. The normalized spacial score (nSPS) is 13.4. The molecule has 16 heavy (non-hydrogen) atoms. The van der Waals surface area contributed by atoms with E-state index < -0.39 is 0 Å². The summed E-state index contributed by atoms with van der Waals surface area (Å²) in [5.41, 5.74) is 4.92. The number of nitrogens with zero attached hydrogens (tertiary/aromatic N) is 1. The fourth-order valence-corrected chi connectivity index (χ4v) is 2.13. The van der Waals surface area contributed by atoms with Gasteiger partial charge < -0.3 is 0 Å². The van der Waals surface area contributed by atoms with Gasteiger partial charge in [0.15, 0.2) is 0 Å². The quantitative estimate of drug-likeness (QED) is 0.722. The van der Waals surface area contributed by atoms with Crippen LogP contribution in [-0.2, 0) is 6.42 Å². The van der Waals surface area contributed by atoms with Gasteiger partial charge >= 0.3 is 0 Å². The first kappa shape index (κ1) is 9.61. The van der Waals surface area contributed by atoms with Crippen LogP contribution in [0.3, 0.4) is 0 Å². The van der Waals surface area contributed by atoms with Crippen molar-refractivity contribution in [1.29, 1.82) is 0 Å². The van der Waals surface area contributed by atoms with E-state index in [9.17, 15) is 0 Å². The average molecular weight is 228 g/mol. The highest BCUT2D eigenvalue weighted by Gasteiger charge is 2.13. The summed E-state index contributed by atoms with van der Waals surface area (Å²) in [7, 11) is 0. The molecule has 0 saturated carbocycles. The van der Waals surface area contributed by atoms with Crippen LogP contribution in [0.2, 0.25) is 5.02 Å². The third-order valence-corrected chi connectivity index (χ3v) is 3.08. The highest BCUT2D eigenvalue weighted by atomic mass is 35.5. The molecular formula is C14H10ClN. The van der Waals surface area contributed by atoms with Crippen molar-refractivity contribution in [2.45, 2.75) is 6.42 Å². The first-order chi connectivity index (χ1) is 7.83. The second-order valence-corrected chi connectivity index (χ2v) is 4.34. The van der Waals surface area contributed by atoms with E-state index in [1.54, 1.807) is 0 Å². The molecule has 0 spiro atoms. The van der Waals surface area contributed by atoms with Gasteiger partial charge in [-0.2, -0.15) is 0 Å². The van der Waals surface area contributed by atoms with Crippen LogP contribution in [-0.4, -0.2) is 4.98 Å². The van der Waals surface area contributed by atoms with Crippen molar-refractivity contribution in [3.05, 3.63) is 64.4 Å². The van der Waals surface area contributed by atoms with Gasteiger partial charge in [0.05, 0.1) is 5.69 Å². The Hall–Kier alpha value is -1.60. The molecule has 3 rings (SSSR count). The molecule has 0 unspecified atom stereocenters. The molecule has 1 aliphatic rings. The molecule has 2 aromatic rings. The number of pyridine rings is 1. The van der Waals surface area contributed by atoms with Crippen molar-refractivity contribution in [2.75, 3.05) is 0 Å². The molecule has 2 heteroatoms. The van der Waals surface area contributed by atoms with Crippen LogP contribution in [0.15, 0.2) is 42.6 Å². The Kier molecular flexibility index (Phi) is 2.26. The Bertz CT molecular complexity index is 555. The van der Waals surface area contributed by atoms with Crippen LogP contribution >= 0.6 is 11.6 Å². The van der Waals surface area contributed by atoms with E-state index in [1.165, 1.54) is 16.7 Å². The maximum Gasteiger partial charge on any atom is 0.0668 e. The summed E-state index contributed by atoms with van der Waals surface area (Å²) in [6.07, 6.45) is 4.95. The monoisotopic (exact) mass is 227 g/mol. The van der Waals surface area contributed by atoms with Gasteiger partial charge in [0.2, 0.25) is 0 Å². The summed E-state index contributed by atoms with van der Waals surface area (Å²) in [6, 6.07) is 12.1. The van der Waals surface area contributed by atoms with Crippen molar-refractivity contribution < 1.29 is 0 Å². The van der Waals surface area contributed by atoms with Crippen LogP contribution in [0.25, 0.3) is 11.6 Å². The molecule has 0 N–H and O–H groups in total. The summed E-state index contributed by atoms with van der Waals surface area (Å²) >= 11 is 5.88. The summed E-state index contributed by atoms with van der Waals surface area (Å²) in [4.78, 5) is 4.35. The Balaban J connectivity index is 1.98. The number of aromatic nitrogens is 1. The van der Waals surface area contributed by atoms with Crippen LogP contribution in [0, 0.1) is 0 Å². The highest BCUT2D eigenvalue weighted by molar-refractivity contribution is 6.30. The van der Waals surface area contributed by atoms with E-state index in [0.717, 1.165) is 17.1 Å². The number of hydrogen-bond acceptors (Lipinski definition) is 1. The summed E-state index contributed by atoms with van der Waals surface area (Å²) in [5.74, 6) is 0. The molecule has 0 aliphatic heterocycles. The van der Waals surface area contributed by atoms with E-state index in [0.29, 0.717) is 0 Å². The van der Waals surface area contributed by atoms with Gasteiger partial charge in [-0.1, -0.05) is 29.8 Å². The molecule has 0 bridgehead atoms. The molecule has 0 fully saturated rings. The van der Waals surface area contributed by atoms with E-state index >= 15 is 0 Å². The molecule has 0 atom stereocenters. The van der Waals surface area contributed by atoms with Gasteiger partial charge in [0.25, 0.3) is 0 Å². The predicted molar refractivity (Wildman–Crippen MR) is 67.3 cm³/mol. The second kappa shape index (κ2) is 3.76. The van der Waals surface area contributed by atoms with Gasteiger partial charge in [-0.25, -0.2) is 0 Å². The lowest BCUT2D eigenvalue weighted by Crippen LogP contribution is -1.86. The fraction of sp³-hybridized carbons (Fsp3) is 0.0714. The number of fused-ring (bicyclic) bond motifs is 1. The average Bonchev–Trinajstić information content (AvgIpc) is 2.73. The van der Waals surface area contributed by atoms with Crippen molar-refractivity contribution in [3.8, 4) is 0 Å². The zero-order chi connectivity index (χ0) is 11.0. The van der Waals surface area contributed by atoms with Gasteiger partial charge in [0, 0.05) is 17.6 Å². The zero-order valence-corrected chi connectivity index (χ0v) is 9.41. The Morgan fingerprint density at radius 1 is 1.06 bits per heavy atom. The van der Waals surface area contributed by atoms with E-state index in [1.807, 2.05) is 24.4 Å². The Morgan fingerprint density at radius 3 is 2.62 bits per heavy atom. The maximum atomic E-state index is 5.88. The second-order valence-electron chi connectivity index (χ2n) is 3.90. The Labute approximate surface area is 99.4 Å². The molecule has 0 radical (unpaired) electrons. The lowest BCUT2D eigenvalue weighted by atomic mass is 10.0. The first-order valence-electron chi connectivity index (χ1n) is 5.23. The number of hydrogen-bond donors (Lipinski definition) is 0. The molecule has 0 amide bonds. The first-order valence-corrected chi connectivity index (χ1v) is 5.61. The summed E-state index contributed by atoms with van der Waals surface area (Å²) in [6.45, 7) is 0. The van der Waals surface area contributed by atoms with Crippen LogP contribution in [0.4, 0.5) is 0 Å². The van der Waals surface area contributed by atoms with Crippen molar-refractivity contribution >= 4 is 23.3 Å². The van der Waals surface area contributed by atoms with Crippen molar-refractivity contribution in [1.82, 2.24) is 4.98 Å². The van der Waals surface area contributed by atoms with E-state index in [2.05, 4.69) is 29.3 Å². The molecular weight excluding hydrogens is 218 g/mol. The zero-order valence-electron chi connectivity index (χ0n) is 8.65. The number of rotatable bonds is 1. The standard InChI is InChI=1S/C14H10ClN/c15-13-5-3-10(4-6-13)12-8-11-2-1-7-16-14(11)9-12/h1-7,9H,8H2. The van der Waals surface area contributed by atoms with Crippen LogP contribution in [0.5, 0.6) is 0 Å². The van der Waals surface area contributed by atoms with E-state index in [4.69, 9.17) is 11.6 Å². The Morgan fingerprint density at radius 2 is 1.88 bits per heavy atom. The highest BCUT2D eigenvalue weighted by Crippen LogP contribution is 2.30. The minimum absolute atomic E-state index is 0.776. The summed E-state index contributed by atoms with van der Waals surface area (Å²) in [5, 5.41) is 0.776. The SMILES string of the molecule is Clc1ccc(C2=Cc3ncccc3C2)cc1. The van der Waals surface area contributed by atoms with Crippen LogP contribution in [0.1, 0.15) is 16.8 Å². The molecule has 1 nitrogen and oxygen atoms in total. The van der Waals surface area contributed by atoms with Gasteiger partial charge in [-0.05, 0) is 41.0 Å². The number of allylic oxidation sites excluding steroid dienone is 1. The predicted octanol–water partition coefficient (Wildman–Crippen LogP) is 3.83. The van der Waals surface area contributed by atoms with Gasteiger partial charge in [-0.15, -0.1) is 0 Å². The smallest absolute Gasteiger partial charge is 0.0668 e. The molecule has 1 aromatic carbocycles. The summed E-state index contributed by atoms with van der Waals surface area (Å²) < 4.78 is 0. The lowest BCUT2D eigenvalue weighted by molar-refractivity contribution is 1.21. The van der Waals surface area contributed by atoms with Crippen LogP contribution < -0.4 is 0 Å².